The average molecular weight is 328 g/mol. The predicted octanol–water partition coefficient (Wildman–Crippen LogP) is 4.47. The first-order valence-electron chi connectivity index (χ1n) is 7.23. The van der Waals surface area contributed by atoms with Crippen LogP contribution in [0.25, 0.3) is 0 Å². The quantitative estimate of drug-likeness (QED) is 0.812. The van der Waals surface area contributed by atoms with Gasteiger partial charge in [0.2, 0.25) is 0 Å². The molecule has 1 aromatic heterocycles. The van der Waals surface area contributed by atoms with E-state index in [0.29, 0.717) is 6.04 Å². The Balaban J connectivity index is 1.63. The van der Waals surface area contributed by atoms with E-state index >= 15 is 0 Å². The van der Waals surface area contributed by atoms with Gasteiger partial charge in [-0.2, -0.15) is 0 Å². The summed E-state index contributed by atoms with van der Waals surface area (Å²) in [5.41, 5.74) is 0. The molecule has 0 radical (unpaired) electrons. The molecule has 2 fully saturated rings. The lowest BCUT2D eigenvalue weighted by Gasteiger charge is -2.26. The van der Waals surface area contributed by atoms with Crippen LogP contribution in [-0.2, 0) is 6.42 Å². The number of rotatable bonds is 6. The fraction of sp³-hybridized carbons (Fsp3) is 0.733. The maximum Gasteiger partial charge on any atom is 0.0314 e. The molecule has 1 N–H and O–H groups in total. The predicted molar refractivity (Wildman–Crippen MR) is 82.1 cm³/mol. The van der Waals surface area contributed by atoms with Gasteiger partial charge in [-0.25, -0.2) is 0 Å². The summed E-state index contributed by atoms with van der Waals surface area (Å²) in [5, 5.41) is 6.00. The molecule has 1 aromatic rings. The summed E-state index contributed by atoms with van der Waals surface area (Å²) in [7, 11) is 0. The molecule has 0 bridgehead atoms. The molecule has 3 rings (SSSR count). The first-order chi connectivity index (χ1) is 8.78. The van der Waals surface area contributed by atoms with Gasteiger partial charge in [0.1, 0.15) is 0 Å². The standard InChI is InChI=1S/C15H22BrNS/c1-2-4-17-14(9-15-13(16)3-5-18-15)12-7-10-6-11(10)8-12/h3,5,10-12,14,17H,2,4,6-9H2,1H3. The average Bonchev–Trinajstić information content (AvgIpc) is 2.79. The van der Waals surface area contributed by atoms with Crippen molar-refractivity contribution >= 4 is 27.3 Å². The summed E-state index contributed by atoms with van der Waals surface area (Å²) in [5.74, 6) is 3.11. The molecule has 3 unspecified atom stereocenters. The minimum Gasteiger partial charge on any atom is -0.313 e. The molecule has 2 aliphatic carbocycles. The highest BCUT2D eigenvalue weighted by Crippen LogP contribution is 2.55. The highest BCUT2D eigenvalue weighted by molar-refractivity contribution is 9.10. The van der Waals surface area contributed by atoms with Crippen LogP contribution in [0.2, 0.25) is 0 Å². The van der Waals surface area contributed by atoms with Gasteiger partial charge in [0, 0.05) is 15.4 Å². The van der Waals surface area contributed by atoms with Gasteiger partial charge in [-0.1, -0.05) is 6.92 Å². The lowest BCUT2D eigenvalue weighted by atomic mass is 9.91. The van der Waals surface area contributed by atoms with Crippen molar-refractivity contribution in [2.45, 2.75) is 45.1 Å². The minimum atomic E-state index is 0.702. The first-order valence-corrected chi connectivity index (χ1v) is 8.90. The Morgan fingerprint density at radius 1 is 1.39 bits per heavy atom. The Hall–Kier alpha value is 0.140. The fourth-order valence-electron chi connectivity index (χ4n) is 3.50. The summed E-state index contributed by atoms with van der Waals surface area (Å²) in [6.07, 6.45) is 6.94. The second-order valence-corrected chi connectivity index (χ2v) is 7.80. The number of thiophene rings is 1. The van der Waals surface area contributed by atoms with Gasteiger partial charge in [-0.3, -0.25) is 0 Å². The molecule has 0 aliphatic heterocycles. The van der Waals surface area contributed by atoms with Gasteiger partial charge >= 0.3 is 0 Å². The maximum atomic E-state index is 3.80. The first kappa shape index (κ1) is 13.1. The van der Waals surface area contributed by atoms with Crippen LogP contribution in [0.3, 0.4) is 0 Å². The van der Waals surface area contributed by atoms with Crippen LogP contribution in [0.1, 0.15) is 37.5 Å². The van der Waals surface area contributed by atoms with E-state index < -0.39 is 0 Å². The summed E-state index contributed by atoms with van der Waals surface area (Å²) in [4.78, 5) is 1.52. The van der Waals surface area contributed by atoms with Crippen molar-refractivity contribution in [1.29, 1.82) is 0 Å². The fourth-order valence-corrected chi connectivity index (χ4v) is 5.07. The van der Waals surface area contributed by atoms with E-state index in [2.05, 4.69) is 39.6 Å². The van der Waals surface area contributed by atoms with E-state index in [1.54, 1.807) is 0 Å². The third-order valence-corrected chi connectivity index (χ3v) is 6.55. The zero-order valence-electron chi connectivity index (χ0n) is 11.0. The molecule has 1 nitrogen and oxygen atoms in total. The number of hydrogen-bond donors (Lipinski definition) is 1. The van der Waals surface area contributed by atoms with E-state index in [1.807, 2.05) is 11.3 Å². The van der Waals surface area contributed by atoms with Crippen LogP contribution < -0.4 is 5.32 Å². The van der Waals surface area contributed by atoms with Crippen molar-refractivity contribution in [2.75, 3.05) is 6.54 Å². The van der Waals surface area contributed by atoms with Gasteiger partial charge in [0.05, 0.1) is 0 Å². The molecule has 0 spiro atoms. The maximum absolute atomic E-state index is 3.80. The van der Waals surface area contributed by atoms with Crippen molar-refractivity contribution in [3.05, 3.63) is 20.8 Å². The molecule has 2 saturated carbocycles. The van der Waals surface area contributed by atoms with Gasteiger partial charge in [-0.05, 0) is 83.8 Å². The van der Waals surface area contributed by atoms with Crippen molar-refractivity contribution < 1.29 is 0 Å². The van der Waals surface area contributed by atoms with Gasteiger partial charge in [-0.15, -0.1) is 11.3 Å². The molecular weight excluding hydrogens is 306 g/mol. The molecule has 1 heterocycles. The van der Waals surface area contributed by atoms with E-state index in [1.165, 1.54) is 48.0 Å². The van der Waals surface area contributed by atoms with Crippen LogP contribution in [0.15, 0.2) is 15.9 Å². The second-order valence-electron chi connectivity index (χ2n) is 5.94. The SMILES string of the molecule is CCCNC(Cc1sccc1Br)C1CC2CC2C1. The van der Waals surface area contributed by atoms with Gasteiger partial charge in [0.25, 0.3) is 0 Å². The molecular formula is C15H22BrNS. The van der Waals surface area contributed by atoms with Crippen LogP contribution in [0.5, 0.6) is 0 Å². The van der Waals surface area contributed by atoms with Crippen molar-refractivity contribution in [1.82, 2.24) is 5.32 Å². The van der Waals surface area contributed by atoms with E-state index in [-0.39, 0.29) is 0 Å². The Bertz CT molecular complexity index is 393. The number of nitrogens with one attached hydrogen (secondary N) is 1. The highest BCUT2D eigenvalue weighted by atomic mass is 79.9. The number of hydrogen-bond acceptors (Lipinski definition) is 2. The highest BCUT2D eigenvalue weighted by Gasteiger charge is 2.47. The van der Waals surface area contributed by atoms with Crippen LogP contribution in [-0.4, -0.2) is 12.6 Å². The second kappa shape index (κ2) is 5.64. The smallest absolute Gasteiger partial charge is 0.0314 e. The summed E-state index contributed by atoms with van der Waals surface area (Å²) >= 11 is 5.57. The Kier molecular flexibility index (Phi) is 4.12. The normalized spacial score (nSPS) is 31.3. The molecule has 3 atom stereocenters. The molecule has 18 heavy (non-hydrogen) atoms. The summed E-state index contributed by atoms with van der Waals surface area (Å²) in [6.45, 7) is 3.43. The Morgan fingerprint density at radius 3 is 2.78 bits per heavy atom. The van der Waals surface area contributed by atoms with E-state index in [9.17, 15) is 0 Å². The van der Waals surface area contributed by atoms with Crippen LogP contribution in [0.4, 0.5) is 0 Å². The summed E-state index contributed by atoms with van der Waals surface area (Å²) < 4.78 is 1.30. The third-order valence-electron chi connectivity index (χ3n) is 4.60. The van der Waals surface area contributed by atoms with Gasteiger partial charge in [0.15, 0.2) is 0 Å². The van der Waals surface area contributed by atoms with Crippen molar-refractivity contribution in [3.63, 3.8) is 0 Å². The van der Waals surface area contributed by atoms with Crippen LogP contribution in [0, 0.1) is 17.8 Å². The van der Waals surface area contributed by atoms with Crippen molar-refractivity contribution in [2.24, 2.45) is 17.8 Å². The topological polar surface area (TPSA) is 12.0 Å². The van der Waals surface area contributed by atoms with Crippen molar-refractivity contribution in [3.8, 4) is 0 Å². The largest absolute Gasteiger partial charge is 0.313 e. The molecule has 0 amide bonds. The lowest BCUT2D eigenvalue weighted by Crippen LogP contribution is -2.38. The molecule has 100 valence electrons. The van der Waals surface area contributed by atoms with E-state index in [0.717, 1.165) is 17.8 Å². The zero-order chi connectivity index (χ0) is 12.5. The Labute approximate surface area is 122 Å². The summed E-state index contributed by atoms with van der Waals surface area (Å²) in [6, 6.07) is 2.89. The molecule has 0 aromatic carbocycles. The minimum absolute atomic E-state index is 0.702. The van der Waals surface area contributed by atoms with Crippen LogP contribution >= 0.6 is 27.3 Å². The molecule has 3 heteroatoms. The monoisotopic (exact) mass is 327 g/mol. The Morgan fingerprint density at radius 2 is 2.17 bits per heavy atom. The third kappa shape index (κ3) is 2.83. The zero-order valence-corrected chi connectivity index (χ0v) is 13.4. The number of fused-ring (bicyclic) bond motifs is 1. The molecule has 0 saturated heterocycles. The molecule has 2 aliphatic rings. The number of halogens is 1. The lowest BCUT2D eigenvalue weighted by molar-refractivity contribution is 0.333. The van der Waals surface area contributed by atoms with E-state index in [4.69, 9.17) is 0 Å². The van der Waals surface area contributed by atoms with Gasteiger partial charge < -0.3 is 5.32 Å².